The first-order valence-electron chi connectivity index (χ1n) is 7.93. The zero-order valence-electron chi connectivity index (χ0n) is 14.0. The van der Waals surface area contributed by atoms with E-state index >= 15 is 0 Å². The van der Waals surface area contributed by atoms with Crippen LogP contribution in [-0.4, -0.2) is 31.5 Å². The SMILES string of the molecule is CCc1cc(C(=O)N2C[C@@H](C(=O)NC)Oc3ccccc32)sc1C. The van der Waals surface area contributed by atoms with Crippen LogP contribution >= 0.6 is 11.3 Å². The standard InChI is InChI=1S/C18H20N2O3S/c1-4-12-9-16(24-11(12)2)18(22)20-10-15(17(21)19-3)23-14-8-6-5-7-13(14)20/h5-9,15H,4,10H2,1-3H3,(H,19,21)/t15-/m0/s1. The summed E-state index contributed by atoms with van der Waals surface area (Å²) in [6.45, 7) is 4.31. The van der Waals surface area contributed by atoms with Gasteiger partial charge in [0.2, 0.25) is 0 Å². The number of carbonyl (C=O) groups is 2. The number of fused-ring (bicyclic) bond motifs is 1. The summed E-state index contributed by atoms with van der Waals surface area (Å²) in [5.74, 6) is 0.223. The van der Waals surface area contributed by atoms with Gasteiger partial charge in [0, 0.05) is 11.9 Å². The van der Waals surface area contributed by atoms with E-state index in [9.17, 15) is 9.59 Å². The van der Waals surface area contributed by atoms with Crippen molar-refractivity contribution in [2.45, 2.75) is 26.4 Å². The molecule has 2 heterocycles. The molecular weight excluding hydrogens is 324 g/mol. The first-order chi connectivity index (χ1) is 11.5. The average Bonchev–Trinajstić information content (AvgIpc) is 3.00. The van der Waals surface area contributed by atoms with Crippen molar-refractivity contribution in [1.29, 1.82) is 0 Å². The molecule has 0 fully saturated rings. The van der Waals surface area contributed by atoms with Gasteiger partial charge in [-0.1, -0.05) is 19.1 Å². The number of aryl methyl sites for hydroxylation is 2. The minimum atomic E-state index is -0.708. The van der Waals surface area contributed by atoms with Crippen LogP contribution in [0.3, 0.4) is 0 Å². The number of carbonyl (C=O) groups excluding carboxylic acids is 2. The van der Waals surface area contributed by atoms with Crippen molar-refractivity contribution in [2.75, 3.05) is 18.5 Å². The average molecular weight is 344 g/mol. The summed E-state index contributed by atoms with van der Waals surface area (Å²) < 4.78 is 5.75. The molecule has 1 atom stereocenters. The van der Waals surface area contributed by atoms with Crippen LogP contribution in [0.1, 0.15) is 27.0 Å². The fourth-order valence-corrected chi connectivity index (χ4v) is 3.90. The Kier molecular flexibility index (Phi) is 4.57. The number of nitrogens with one attached hydrogen (secondary N) is 1. The van der Waals surface area contributed by atoms with E-state index in [1.54, 1.807) is 18.0 Å². The lowest BCUT2D eigenvalue weighted by Gasteiger charge is -2.33. The summed E-state index contributed by atoms with van der Waals surface area (Å²) in [7, 11) is 1.56. The molecule has 0 aliphatic carbocycles. The summed E-state index contributed by atoms with van der Waals surface area (Å²) in [6, 6.07) is 9.27. The van der Waals surface area contributed by atoms with Crippen LogP contribution in [0.15, 0.2) is 30.3 Å². The molecular formula is C18H20N2O3S. The molecule has 6 heteroatoms. The molecule has 1 N–H and O–H groups in total. The minimum absolute atomic E-state index is 0.0903. The molecule has 0 radical (unpaired) electrons. The lowest BCUT2D eigenvalue weighted by molar-refractivity contribution is -0.127. The molecule has 2 aromatic rings. The van der Waals surface area contributed by atoms with Crippen molar-refractivity contribution >= 4 is 28.8 Å². The summed E-state index contributed by atoms with van der Waals surface area (Å²) in [6.07, 6.45) is 0.191. The molecule has 2 amide bonds. The van der Waals surface area contributed by atoms with Crippen LogP contribution in [0, 0.1) is 6.92 Å². The second-order valence-electron chi connectivity index (χ2n) is 5.65. The molecule has 24 heavy (non-hydrogen) atoms. The van der Waals surface area contributed by atoms with E-state index in [1.807, 2.05) is 31.2 Å². The van der Waals surface area contributed by atoms with Crippen molar-refractivity contribution in [3.63, 3.8) is 0 Å². The number of thiophene rings is 1. The highest BCUT2D eigenvalue weighted by Gasteiger charge is 2.34. The number of amides is 2. The second-order valence-corrected chi connectivity index (χ2v) is 6.91. The van der Waals surface area contributed by atoms with Crippen molar-refractivity contribution < 1.29 is 14.3 Å². The number of hydrogen-bond donors (Lipinski definition) is 1. The van der Waals surface area contributed by atoms with Crippen molar-refractivity contribution in [3.8, 4) is 5.75 Å². The van der Waals surface area contributed by atoms with Gasteiger partial charge in [-0.15, -0.1) is 11.3 Å². The van der Waals surface area contributed by atoms with Gasteiger partial charge in [-0.05, 0) is 37.1 Å². The van der Waals surface area contributed by atoms with Gasteiger partial charge in [0.05, 0.1) is 17.1 Å². The Bertz CT molecular complexity index is 784. The number of hydrogen-bond acceptors (Lipinski definition) is 4. The molecule has 0 unspecified atom stereocenters. The molecule has 5 nitrogen and oxygen atoms in total. The topological polar surface area (TPSA) is 58.6 Å². The van der Waals surface area contributed by atoms with E-state index in [1.165, 1.54) is 16.9 Å². The summed E-state index contributed by atoms with van der Waals surface area (Å²) in [5, 5.41) is 2.59. The van der Waals surface area contributed by atoms with Gasteiger partial charge in [0.1, 0.15) is 5.75 Å². The lowest BCUT2D eigenvalue weighted by atomic mass is 10.1. The fraction of sp³-hybridized carbons (Fsp3) is 0.333. The molecule has 126 valence electrons. The Hall–Kier alpha value is -2.34. The molecule has 0 saturated carbocycles. The van der Waals surface area contributed by atoms with Crippen LogP contribution in [0.5, 0.6) is 5.75 Å². The lowest BCUT2D eigenvalue weighted by Crippen LogP contribution is -2.50. The number of anilines is 1. The maximum absolute atomic E-state index is 13.0. The number of para-hydroxylation sites is 2. The number of likely N-dealkylation sites (N-methyl/N-ethyl adjacent to an activating group) is 1. The number of nitrogens with zero attached hydrogens (tertiary/aromatic N) is 1. The normalized spacial score (nSPS) is 16.3. The first kappa shape index (κ1) is 16.5. The predicted octanol–water partition coefficient (Wildman–Crippen LogP) is 2.77. The highest BCUT2D eigenvalue weighted by molar-refractivity contribution is 7.14. The molecule has 0 saturated heterocycles. The Morgan fingerprint density at radius 2 is 2.12 bits per heavy atom. The molecule has 0 spiro atoms. The van der Waals surface area contributed by atoms with E-state index in [0.29, 0.717) is 16.3 Å². The second kappa shape index (κ2) is 6.65. The van der Waals surface area contributed by atoms with Crippen LogP contribution in [0.25, 0.3) is 0 Å². The minimum Gasteiger partial charge on any atom is -0.477 e. The highest BCUT2D eigenvalue weighted by Crippen LogP contribution is 2.35. The Morgan fingerprint density at radius 3 is 2.79 bits per heavy atom. The molecule has 3 rings (SSSR count). The van der Waals surface area contributed by atoms with Crippen molar-refractivity contribution in [3.05, 3.63) is 45.6 Å². The molecule has 1 aromatic heterocycles. The maximum Gasteiger partial charge on any atom is 0.268 e. The third-order valence-electron chi connectivity index (χ3n) is 4.17. The third-order valence-corrected chi connectivity index (χ3v) is 5.25. The van der Waals surface area contributed by atoms with Crippen LogP contribution in [0.4, 0.5) is 5.69 Å². The largest absolute Gasteiger partial charge is 0.477 e. The molecule has 0 bridgehead atoms. The Morgan fingerprint density at radius 1 is 1.38 bits per heavy atom. The summed E-state index contributed by atoms with van der Waals surface area (Å²) in [4.78, 5) is 28.6. The van der Waals surface area contributed by atoms with E-state index in [4.69, 9.17) is 4.74 Å². The maximum atomic E-state index is 13.0. The monoisotopic (exact) mass is 344 g/mol. The van der Waals surface area contributed by atoms with Crippen molar-refractivity contribution in [2.24, 2.45) is 0 Å². The smallest absolute Gasteiger partial charge is 0.268 e. The number of ether oxygens (including phenoxy) is 1. The molecule has 1 aliphatic heterocycles. The van der Waals surface area contributed by atoms with E-state index < -0.39 is 6.10 Å². The Labute approximate surface area is 145 Å². The van der Waals surface area contributed by atoms with E-state index in [0.717, 1.165) is 11.3 Å². The van der Waals surface area contributed by atoms with Crippen LogP contribution < -0.4 is 15.0 Å². The number of rotatable bonds is 3. The highest BCUT2D eigenvalue weighted by atomic mass is 32.1. The first-order valence-corrected chi connectivity index (χ1v) is 8.75. The molecule has 1 aromatic carbocycles. The third kappa shape index (κ3) is 2.89. The number of benzene rings is 1. The van der Waals surface area contributed by atoms with E-state index in [2.05, 4.69) is 12.2 Å². The van der Waals surface area contributed by atoms with Crippen LogP contribution in [0.2, 0.25) is 0 Å². The van der Waals surface area contributed by atoms with E-state index in [-0.39, 0.29) is 18.4 Å². The van der Waals surface area contributed by atoms with Gasteiger partial charge in [-0.25, -0.2) is 0 Å². The van der Waals surface area contributed by atoms with Gasteiger partial charge in [0.25, 0.3) is 11.8 Å². The Balaban J connectivity index is 1.98. The zero-order valence-corrected chi connectivity index (χ0v) is 14.8. The van der Waals surface area contributed by atoms with Gasteiger partial charge in [-0.3, -0.25) is 14.5 Å². The fourth-order valence-electron chi connectivity index (χ4n) is 2.83. The van der Waals surface area contributed by atoms with Crippen molar-refractivity contribution in [1.82, 2.24) is 5.32 Å². The summed E-state index contributed by atoms with van der Waals surface area (Å²) in [5.41, 5.74) is 1.89. The predicted molar refractivity (Wildman–Crippen MR) is 95.0 cm³/mol. The summed E-state index contributed by atoms with van der Waals surface area (Å²) >= 11 is 1.50. The van der Waals surface area contributed by atoms with Gasteiger partial charge in [-0.2, -0.15) is 0 Å². The van der Waals surface area contributed by atoms with Gasteiger partial charge in [0.15, 0.2) is 6.10 Å². The van der Waals surface area contributed by atoms with Gasteiger partial charge >= 0.3 is 0 Å². The molecule has 1 aliphatic rings. The quantitative estimate of drug-likeness (QED) is 0.931. The van der Waals surface area contributed by atoms with Crippen LogP contribution in [-0.2, 0) is 11.2 Å². The zero-order chi connectivity index (χ0) is 17.3. The van der Waals surface area contributed by atoms with Gasteiger partial charge < -0.3 is 10.1 Å².